The average Bonchev–Trinajstić information content (AvgIpc) is 2.21. The van der Waals surface area contributed by atoms with Crippen LogP contribution in [-0.4, -0.2) is 30.4 Å². The van der Waals surface area contributed by atoms with Crippen molar-refractivity contribution in [2.45, 2.75) is 65.6 Å². The van der Waals surface area contributed by atoms with Crippen LogP contribution in [0.4, 0.5) is 4.79 Å². The number of carbonyl (C=O) groups excluding carboxylic acids is 1. The number of rotatable bonds is 6. The lowest BCUT2D eigenvalue weighted by molar-refractivity contribution is -0.0359. The van der Waals surface area contributed by atoms with Crippen molar-refractivity contribution in [1.82, 2.24) is 5.32 Å². The molecule has 0 radical (unpaired) electrons. The Morgan fingerprint density at radius 1 is 1.12 bits per heavy atom. The van der Waals surface area contributed by atoms with E-state index in [-0.39, 0.29) is 5.60 Å². The van der Waals surface area contributed by atoms with Crippen LogP contribution in [0.3, 0.4) is 0 Å². The zero-order valence-electron chi connectivity index (χ0n) is 12.1. The summed E-state index contributed by atoms with van der Waals surface area (Å²) in [6, 6.07) is 0. The molecule has 4 nitrogen and oxygen atoms in total. The Bertz CT molecular complexity index is 229. The molecule has 4 heteroatoms. The fourth-order valence-corrected chi connectivity index (χ4v) is 1.22. The first-order valence-corrected chi connectivity index (χ1v) is 6.33. The van der Waals surface area contributed by atoms with E-state index in [2.05, 4.69) is 26.1 Å². The Kier molecular flexibility index (Phi) is 6.53. The molecule has 0 aliphatic heterocycles. The van der Waals surface area contributed by atoms with E-state index in [4.69, 9.17) is 9.47 Å². The largest absolute Gasteiger partial charge is 0.444 e. The highest BCUT2D eigenvalue weighted by Crippen LogP contribution is 2.18. The Hall–Kier alpha value is -0.770. The molecule has 0 aliphatic carbocycles. The normalized spacial score (nSPS) is 12.4. The molecule has 1 amide bonds. The summed E-state index contributed by atoms with van der Waals surface area (Å²) in [6.07, 6.45) is 1.54. The lowest BCUT2D eigenvalue weighted by Crippen LogP contribution is -2.36. The second kappa shape index (κ2) is 6.84. The Morgan fingerprint density at radius 2 is 1.65 bits per heavy atom. The van der Waals surface area contributed by atoms with Crippen molar-refractivity contribution in [2.24, 2.45) is 0 Å². The molecule has 0 heterocycles. The number of nitrogens with one attached hydrogen (secondary N) is 1. The van der Waals surface area contributed by atoms with E-state index in [1.165, 1.54) is 0 Å². The van der Waals surface area contributed by atoms with Gasteiger partial charge in [-0.1, -0.05) is 13.8 Å². The van der Waals surface area contributed by atoms with Crippen LogP contribution in [-0.2, 0) is 9.47 Å². The average molecular weight is 245 g/mol. The van der Waals surface area contributed by atoms with E-state index < -0.39 is 11.7 Å². The van der Waals surface area contributed by atoms with Crippen LogP contribution in [0.25, 0.3) is 0 Å². The molecule has 0 saturated carbocycles. The van der Waals surface area contributed by atoms with Gasteiger partial charge in [-0.3, -0.25) is 0 Å². The topological polar surface area (TPSA) is 47.6 Å². The summed E-state index contributed by atoms with van der Waals surface area (Å²) in [7, 11) is 0. The van der Waals surface area contributed by atoms with Gasteiger partial charge in [0.05, 0.1) is 12.2 Å². The number of carbonyl (C=O) groups is 1. The monoisotopic (exact) mass is 245 g/mol. The van der Waals surface area contributed by atoms with Crippen molar-refractivity contribution in [3.8, 4) is 0 Å². The van der Waals surface area contributed by atoms with Gasteiger partial charge in [-0.05, 0) is 40.5 Å². The molecule has 0 aromatic heterocycles. The van der Waals surface area contributed by atoms with Gasteiger partial charge < -0.3 is 14.8 Å². The van der Waals surface area contributed by atoms with Crippen LogP contribution >= 0.6 is 0 Å². The van der Waals surface area contributed by atoms with Gasteiger partial charge in [0.1, 0.15) is 5.60 Å². The summed E-state index contributed by atoms with van der Waals surface area (Å²) in [5.74, 6) is 0. The summed E-state index contributed by atoms with van der Waals surface area (Å²) >= 11 is 0. The number of alkyl carbamates (subject to hydrolysis) is 1. The Labute approximate surface area is 105 Å². The van der Waals surface area contributed by atoms with Gasteiger partial charge in [-0.2, -0.15) is 0 Å². The molecule has 1 N–H and O–H groups in total. The first kappa shape index (κ1) is 16.2. The lowest BCUT2D eigenvalue weighted by Gasteiger charge is -2.27. The van der Waals surface area contributed by atoms with Crippen LogP contribution in [0, 0.1) is 0 Å². The molecule has 17 heavy (non-hydrogen) atoms. The van der Waals surface area contributed by atoms with E-state index in [1.54, 1.807) is 0 Å². The zero-order valence-corrected chi connectivity index (χ0v) is 12.1. The third kappa shape index (κ3) is 8.02. The van der Waals surface area contributed by atoms with Gasteiger partial charge in [-0.15, -0.1) is 0 Å². The predicted octanol–water partition coefficient (Wildman–Crippen LogP) is 3.11. The fraction of sp³-hybridized carbons (Fsp3) is 0.923. The maximum atomic E-state index is 11.3. The van der Waals surface area contributed by atoms with Crippen LogP contribution < -0.4 is 5.32 Å². The van der Waals surface area contributed by atoms with Crippen LogP contribution in [0.5, 0.6) is 0 Å². The second-order valence-corrected chi connectivity index (χ2v) is 5.43. The minimum absolute atomic E-state index is 0.0877. The standard InChI is InChI=1S/C13H27NO3/c1-7-13(6,8-2)16-10-9-14-11(15)17-12(3,4)5/h7-10H2,1-6H3,(H,14,15). The number of amides is 1. The highest BCUT2D eigenvalue weighted by atomic mass is 16.6. The minimum atomic E-state index is -0.452. The molecular formula is C13H27NO3. The highest BCUT2D eigenvalue weighted by molar-refractivity contribution is 5.67. The van der Waals surface area contributed by atoms with Gasteiger partial charge in [0.15, 0.2) is 0 Å². The molecule has 102 valence electrons. The summed E-state index contributed by atoms with van der Waals surface area (Å²) in [6.45, 7) is 12.8. The summed E-state index contributed by atoms with van der Waals surface area (Å²) < 4.78 is 10.9. The van der Waals surface area contributed by atoms with Crippen molar-refractivity contribution in [2.75, 3.05) is 13.2 Å². The fourth-order valence-electron chi connectivity index (χ4n) is 1.22. The van der Waals surface area contributed by atoms with E-state index in [0.29, 0.717) is 13.2 Å². The van der Waals surface area contributed by atoms with E-state index in [0.717, 1.165) is 12.8 Å². The van der Waals surface area contributed by atoms with Crippen LogP contribution in [0.1, 0.15) is 54.4 Å². The van der Waals surface area contributed by atoms with Crippen molar-refractivity contribution in [3.05, 3.63) is 0 Å². The summed E-state index contributed by atoms with van der Waals surface area (Å²) in [4.78, 5) is 11.3. The third-order valence-electron chi connectivity index (χ3n) is 2.72. The highest BCUT2D eigenvalue weighted by Gasteiger charge is 2.20. The minimum Gasteiger partial charge on any atom is -0.444 e. The molecular weight excluding hydrogens is 218 g/mol. The van der Waals surface area contributed by atoms with Crippen molar-refractivity contribution in [3.63, 3.8) is 0 Å². The molecule has 0 rings (SSSR count). The molecule has 0 aliphatic rings. The molecule has 0 bridgehead atoms. The summed E-state index contributed by atoms with van der Waals surface area (Å²) in [5, 5.41) is 2.67. The molecule has 0 aromatic rings. The summed E-state index contributed by atoms with van der Waals surface area (Å²) in [5.41, 5.74) is -0.540. The van der Waals surface area contributed by atoms with Crippen LogP contribution in [0.2, 0.25) is 0 Å². The van der Waals surface area contributed by atoms with E-state index in [1.807, 2.05) is 20.8 Å². The lowest BCUT2D eigenvalue weighted by atomic mass is 10.0. The van der Waals surface area contributed by atoms with Crippen LogP contribution in [0.15, 0.2) is 0 Å². The SMILES string of the molecule is CCC(C)(CC)OCCNC(=O)OC(C)(C)C. The molecule has 0 fully saturated rings. The quantitative estimate of drug-likeness (QED) is 0.731. The Balaban J connectivity index is 3.75. The van der Waals surface area contributed by atoms with E-state index in [9.17, 15) is 4.79 Å². The van der Waals surface area contributed by atoms with Gasteiger partial charge in [0.2, 0.25) is 0 Å². The zero-order chi connectivity index (χ0) is 13.5. The predicted molar refractivity (Wildman–Crippen MR) is 69.2 cm³/mol. The number of hydrogen-bond acceptors (Lipinski definition) is 3. The molecule has 0 unspecified atom stereocenters. The molecule has 0 spiro atoms. The van der Waals surface area contributed by atoms with Gasteiger partial charge in [-0.25, -0.2) is 4.79 Å². The number of hydrogen-bond donors (Lipinski definition) is 1. The molecule has 0 saturated heterocycles. The van der Waals surface area contributed by atoms with E-state index >= 15 is 0 Å². The first-order chi connectivity index (χ1) is 7.72. The Morgan fingerprint density at radius 3 is 2.06 bits per heavy atom. The molecule has 0 aromatic carbocycles. The second-order valence-electron chi connectivity index (χ2n) is 5.43. The maximum Gasteiger partial charge on any atom is 0.407 e. The van der Waals surface area contributed by atoms with Crippen molar-refractivity contribution < 1.29 is 14.3 Å². The van der Waals surface area contributed by atoms with Gasteiger partial charge >= 0.3 is 6.09 Å². The van der Waals surface area contributed by atoms with Gasteiger partial charge in [0, 0.05) is 6.54 Å². The molecule has 0 atom stereocenters. The number of ether oxygens (including phenoxy) is 2. The van der Waals surface area contributed by atoms with Crippen molar-refractivity contribution >= 4 is 6.09 Å². The first-order valence-electron chi connectivity index (χ1n) is 6.33. The smallest absolute Gasteiger partial charge is 0.407 e. The third-order valence-corrected chi connectivity index (χ3v) is 2.72. The van der Waals surface area contributed by atoms with Crippen molar-refractivity contribution in [1.29, 1.82) is 0 Å². The van der Waals surface area contributed by atoms with Gasteiger partial charge in [0.25, 0.3) is 0 Å². The maximum absolute atomic E-state index is 11.3.